The number of benzene rings is 2. The van der Waals surface area contributed by atoms with Crippen molar-refractivity contribution in [3.05, 3.63) is 59.2 Å². The second-order valence-electron chi connectivity index (χ2n) is 6.81. The van der Waals surface area contributed by atoms with Crippen molar-refractivity contribution < 1.29 is 27.6 Å². The molecule has 1 aliphatic heterocycles. The predicted molar refractivity (Wildman–Crippen MR) is 109 cm³/mol. The number of hydrogen-bond donors (Lipinski definition) is 1. The van der Waals surface area contributed by atoms with Gasteiger partial charge in [-0.05, 0) is 35.9 Å². The molecule has 0 spiro atoms. The van der Waals surface area contributed by atoms with E-state index in [4.69, 9.17) is 0 Å². The molecule has 1 saturated heterocycles. The summed E-state index contributed by atoms with van der Waals surface area (Å²) < 4.78 is 40.4. The van der Waals surface area contributed by atoms with Crippen LogP contribution in [-0.2, 0) is 17.5 Å². The minimum atomic E-state index is -4.65. The zero-order valence-corrected chi connectivity index (χ0v) is 16.9. The van der Waals surface area contributed by atoms with Crippen LogP contribution in [0.4, 0.5) is 29.3 Å². The molecule has 0 atom stereocenters. The largest absolute Gasteiger partial charge is 0.418 e. The smallest absolute Gasteiger partial charge is 0.378 e. The molecule has 1 fully saturated rings. The van der Waals surface area contributed by atoms with Crippen LogP contribution < -0.4 is 10.2 Å². The fourth-order valence-corrected chi connectivity index (χ4v) is 3.60. The van der Waals surface area contributed by atoms with Crippen LogP contribution in [-0.4, -0.2) is 41.8 Å². The molecule has 6 nitrogen and oxygen atoms in total. The number of imide groups is 1. The standard InChI is InChI=1S/C20H18F3N3O3S/c1-25(2)14-6-7-16(15(9-14)20(21,22)23)24-18(28)13-5-3-4-12(8-13)10-26-17(27)11-30-19(26)29/h3-9H,10-11H2,1-2H3,(H,24,28). The lowest BCUT2D eigenvalue weighted by Crippen LogP contribution is -2.28. The van der Waals surface area contributed by atoms with E-state index in [1.165, 1.54) is 29.2 Å². The molecule has 3 amide bonds. The Morgan fingerprint density at radius 2 is 1.90 bits per heavy atom. The average Bonchev–Trinajstić information content (AvgIpc) is 2.99. The summed E-state index contributed by atoms with van der Waals surface area (Å²) in [5.74, 6) is -0.980. The topological polar surface area (TPSA) is 69.7 Å². The number of thioether (sulfide) groups is 1. The molecule has 30 heavy (non-hydrogen) atoms. The van der Waals surface area contributed by atoms with Crippen molar-refractivity contribution in [2.45, 2.75) is 12.7 Å². The Balaban J connectivity index is 1.83. The Hall–Kier alpha value is -3.01. The summed E-state index contributed by atoms with van der Waals surface area (Å²) in [4.78, 5) is 38.7. The molecule has 158 valence electrons. The highest BCUT2D eigenvalue weighted by Crippen LogP contribution is 2.37. The quantitative estimate of drug-likeness (QED) is 0.759. The van der Waals surface area contributed by atoms with Crippen LogP contribution in [0.1, 0.15) is 21.5 Å². The van der Waals surface area contributed by atoms with Gasteiger partial charge in [-0.3, -0.25) is 19.3 Å². The monoisotopic (exact) mass is 437 g/mol. The molecule has 10 heteroatoms. The van der Waals surface area contributed by atoms with Crippen molar-refractivity contribution in [3.63, 3.8) is 0 Å². The molecule has 0 radical (unpaired) electrons. The Labute approximate surface area is 175 Å². The Morgan fingerprint density at radius 1 is 1.17 bits per heavy atom. The number of hydrogen-bond acceptors (Lipinski definition) is 5. The minimum absolute atomic E-state index is 0.00286. The Morgan fingerprint density at radius 3 is 2.50 bits per heavy atom. The maximum absolute atomic E-state index is 13.5. The molecule has 0 saturated carbocycles. The zero-order chi connectivity index (χ0) is 22.1. The Bertz CT molecular complexity index is 992. The molecule has 0 bridgehead atoms. The van der Waals surface area contributed by atoms with Gasteiger partial charge in [-0.15, -0.1) is 0 Å². The van der Waals surface area contributed by atoms with E-state index in [9.17, 15) is 27.6 Å². The first-order valence-corrected chi connectivity index (χ1v) is 9.81. The van der Waals surface area contributed by atoms with Crippen LogP contribution in [0.25, 0.3) is 0 Å². The fourth-order valence-electron chi connectivity index (χ4n) is 2.88. The number of anilines is 2. The maximum atomic E-state index is 13.5. The van der Waals surface area contributed by atoms with Gasteiger partial charge in [0.2, 0.25) is 5.91 Å². The highest BCUT2D eigenvalue weighted by molar-refractivity contribution is 8.14. The second-order valence-corrected chi connectivity index (χ2v) is 7.74. The van der Waals surface area contributed by atoms with Crippen LogP contribution in [0.5, 0.6) is 0 Å². The van der Waals surface area contributed by atoms with Crippen molar-refractivity contribution in [1.29, 1.82) is 0 Å². The molecule has 0 unspecified atom stereocenters. The van der Waals surface area contributed by atoms with Gasteiger partial charge in [0.25, 0.3) is 11.1 Å². The van der Waals surface area contributed by atoms with Crippen molar-refractivity contribution in [3.8, 4) is 0 Å². The molecular weight excluding hydrogens is 419 g/mol. The molecular formula is C20H18F3N3O3S. The average molecular weight is 437 g/mol. The van der Waals surface area contributed by atoms with Gasteiger partial charge in [-0.1, -0.05) is 23.9 Å². The van der Waals surface area contributed by atoms with E-state index in [1.54, 1.807) is 26.2 Å². The van der Waals surface area contributed by atoms with E-state index in [0.29, 0.717) is 11.3 Å². The Kier molecular flexibility index (Phi) is 6.06. The van der Waals surface area contributed by atoms with E-state index in [0.717, 1.165) is 22.7 Å². The van der Waals surface area contributed by atoms with Crippen molar-refractivity contribution in [2.75, 3.05) is 30.1 Å². The van der Waals surface area contributed by atoms with E-state index in [1.807, 2.05) is 0 Å². The van der Waals surface area contributed by atoms with E-state index < -0.39 is 17.6 Å². The summed E-state index contributed by atoms with van der Waals surface area (Å²) in [6.07, 6.45) is -4.65. The lowest BCUT2D eigenvalue weighted by atomic mass is 10.1. The molecule has 1 heterocycles. The number of carbonyl (C=O) groups excluding carboxylic acids is 3. The van der Waals surface area contributed by atoms with Crippen LogP contribution >= 0.6 is 11.8 Å². The number of carbonyl (C=O) groups is 3. The molecule has 0 aromatic heterocycles. The summed E-state index contributed by atoms with van der Waals surface area (Å²) in [5, 5.41) is 1.94. The van der Waals surface area contributed by atoms with Crippen molar-refractivity contribution >= 4 is 40.2 Å². The van der Waals surface area contributed by atoms with E-state index >= 15 is 0 Å². The molecule has 1 N–H and O–H groups in total. The van der Waals surface area contributed by atoms with Crippen LogP contribution in [0, 0.1) is 0 Å². The van der Waals surface area contributed by atoms with Gasteiger partial charge >= 0.3 is 6.18 Å². The number of rotatable bonds is 5. The lowest BCUT2D eigenvalue weighted by molar-refractivity contribution is -0.136. The highest BCUT2D eigenvalue weighted by Gasteiger charge is 2.34. The van der Waals surface area contributed by atoms with Gasteiger partial charge in [-0.25, -0.2) is 0 Å². The van der Waals surface area contributed by atoms with Gasteiger partial charge in [-0.2, -0.15) is 13.2 Å². The number of alkyl halides is 3. The number of nitrogens with zero attached hydrogens (tertiary/aromatic N) is 2. The first-order chi connectivity index (χ1) is 14.1. The number of nitrogens with one attached hydrogen (secondary N) is 1. The zero-order valence-electron chi connectivity index (χ0n) is 16.1. The fraction of sp³-hybridized carbons (Fsp3) is 0.250. The summed E-state index contributed by atoms with van der Waals surface area (Å²) >= 11 is 0.900. The van der Waals surface area contributed by atoms with Gasteiger partial charge in [0, 0.05) is 25.3 Å². The van der Waals surface area contributed by atoms with Crippen LogP contribution in [0.2, 0.25) is 0 Å². The SMILES string of the molecule is CN(C)c1ccc(NC(=O)c2cccc(CN3C(=O)CSC3=O)c2)c(C(F)(F)F)c1. The highest BCUT2D eigenvalue weighted by atomic mass is 32.2. The molecule has 3 rings (SSSR count). The molecule has 0 aliphatic carbocycles. The van der Waals surface area contributed by atoms with Gasteiger partial charge in [0.1, 0.15) is 0 Å². The second kappa shape index (κ2) is 8.39. The third kappa shape index (κ3) is 4.76. The predicted octanol–water partition coefficient (Wildman–Crippen LogP) is 4.22. The normalized spacial score (nSPS) is 14.2. The molecule has 2 aromatic rings. The maximum Gasteiger partial charge on any atom is 0.418 e. The van der Waals surface area contributed by atoms with Crippen LogP contribution in [0.15, 0.2) is 42.5 Å². The first kappa shape index (κ1) is 21.7. The lowest BCUT2D eigenvalue weighted by Gasteiger charge is -2.19. The van der Waals surface area contributed by atoms with Gasteiger partial charge in [0.05, 0.1) is 23.5 Å². The van der Waals surface area contributed by atoms with Crippen LogP contribution in [0.3, 0.4) is 0 Å². The summed E-state index contributed by atoms with van der Waals surface area (Å²) in [7, 11) is 3.24. The third-order valence-corrected chi connectivity index (χ3v) is 5.30. The first-order valence-electron chi connectivity index (χ1n) is 8.82. The summed E-state index contributed by atoms with van der Waals surface area (Å²) in [6.45, 7) is -0.00286. The number of amides is 3. The molecule has 2 aromatic carbocycles. The van der Waals surface area contributed by atoms with E-state index in [-0.39, 0.29) is 34.7 Å². The third-order valence-electron chi connectivity index (χ3n) is 4.44. The van der Waals surface area contributed by atoms with E-state index in [2.05, 4.69) is 5.32 Å². The van der Waals surface area contributed by atoms with Crippen molar-refractivity contribution in [1.82, 2.24) is 4.90 Å². The molecule has 1 aliphatic rings. The summed E-state index contributed by atoms with van der Waals surface area (Å²) in [5.41, 5.74) is -0.330. The van der Waals surface area contributed by atoms with Gasteiger partial charge in [0.15, 0.2) is 0 Å². The number of halogens is 3. The summed E-state index contributed by atoms with van der Waals surface area (Å²) in [6, 6.07) is 9.72. The van der Waals surface area contributed by atoms with Gasteiger partial charge < -0.3 is 10.2 Å². The van der Waals surface area contributed by atoms with Crippen molar-refractivity contribution in [2.24, 2.45) is 0 Å². The minimum Gasteiger partial charge on any atom is -0.378 e.